The summed E-state index contributed by atoms with van der Waals surface area (Å²) in [4.78, 5) is 37.8. The zero-order valence-electron chi connectivity index (χ0n) is 21.1. The molecule has 0 saturated heterocycles. The molecule has 8 heteroatoms. The Morgan fingerprint density at radius 3 is 1.48 bits per heavy atom. The van der Waals surface area contributed by atoms with Gasteiger partial charge in [0.05, 0.1) is 13.1 Å². The molecular formula is C23H44N2O6. The zero-order chi connectivity index (χ0) is 24.3. The van der Waals surface area contributed by atoms with Crippen LogP contribution in [0.1, 0.15) is 88.0 Å². The number of esters is 2. The highest BCUT2D eigenvalue weighted by Gasteiger charge is 2.23. The van der Waals surface area contributed by atoms with Crippen LogP contribution in [0.15, 0.2) is 0 Å². The molecule has 0 unspecified atom stereocenters. The molecule has 1 amide bonds. The number of carbonyl (C=O) groups is 3. The molecule has 0 aromatic rings. The molecular weight excluding hydrogens is 400 g/mol. The molecule has 0 aliphatic carbocycles. The van der Waals surface area contributed by atoms with E-state index in [0.717, 1.165) is 25.7 Å². The van der Waals surface area contributed by atoms with Crippen molar-refractivity contribution in [2.75, 3.05) is 26.2 Å². The number of ether oxygens (including phenoxy) is 3. The number of hydrogen-bond donors (Lipinski definition) is 1. The van der Waals surface area contributed by atoms with Crippen molar-refractivity contribution in [3.8, 4) is 0 Å². The molecule has 0 heterocycles. The third-order valence-corrected chi connectivity index (χ3v) is 3.61. The first-order chi connectivity index (χ1) is 14.0. The minimum atomic E-state index is -0.574. The average molecular weight is 445 g/mol. The minimum Gasteiger partial charge on any atom is -0.459 e. The number of unbranched alkanes of at least 4 members (excludes halogenated alkanes) is 3. The van der Waals surface area contributed by atoms with E-state index in [-0.39, 0.29) is 25.0 Å². The topological polar surface area (TPSA) is 94.2 Å². The first-order valence-corrected chi connectivity index (χ1v) is 11.1. The highest BCUT2D eigenvalue weighted by molar-refractivity contribution is 5.75. The van der Waals surface area contributed by atoms with Crippen molar-refractivity contribution >= 4 is 18.0 Å². The van der Waals surface area contributed by atoms with E-state index in [0.29, 0.717) is 13.1 Å². The zero-order valence-corrected chi connectivity index (χ0v) is 21.1. The van der Waals surface area contributed by atoms with Gasteiger partial charge in [-0.15, -0.1) is 0 Å². The highest BCUT2D eigenvalue weighted by Crippen LogP contribution is 2.11. The Morgan fingerprint density at radius 1 is 0.645 bits per heavy atom. The number of amides is 1. The summed E-state index contributed by atoms with van der Waals surface area (Å²) < 4.78 is 16.0. The summed E-state index contributed by atoms with van der Waals surface area (Å²) in [5.41, 5.74) is -1.65. The standard InChI is InChI=1S/C23H44N2O6/c1-21(2,3)29-18(26)16-25(17-19(27)30-22(4,5)6)15-13-11-10-12-14-24-20(28)31-23(7,8)9/h10-17H2,1-9H3,(H,24,28). The van der Waals surface area contributed by atoms with Crippen LogP contribution in [0.4, 0.5) is 4.79 Å². The summed E-state index contributed by atoms with van der Waals surface area (Å²) >= 11 is 0. The minimum absolute atomic E-state index is 0.0384. The molecule has 0 fully saturated rings. The molecule has 0 aromatic heterocycles. The van der Waals surface area contributed by atoms with Gasteiger partial charge in [-0.1, -0.05) is 12.8 Å². The van der Waals surface area contributed by atoms with E-state index in [1.54, 1.807) is 4.90 Å². The summed E-state index contributed by atoms with van der Waals surface area (Å²) in [6.07, 6.45) is 3.07. The number of nitrogens with zero attached hydrogens (tertiary/aromatic N) is 1. The largest absolute Gasteiger partial charge is 0.459 e. The molecule has 31 heavy (non-hydrogen) atoms. The average Bonchev–Trinajstić information content (AvgIpc) is 2.47. The molecule has 0 aliphatic rings. The van der Waals surface area contributed by atoms with Gasteiger partial charge in [0.25, 0.3) is 0 Å². The van der Waals surface area contributed by atoms with E-state index in [2.05, 4.69) is 5.32 Å². The smallest absolute Gasteiger partial charge is 0.407 e. The molecule has 0 aromatic carbocycles. The monoisotopic (exact) mass is 444 g/mol. The predicted octanol–water partition coefficient (Wildman–Crippen LogP) is 4.06. The Bertz CT molecular complexity index is 540. The first-order valence-electron chi connectivity index (χ1n) is 11.1. The molecule has 0 saturated carbocycles. The van der Waals surface area contributed by atoms with Gasteiger partial charge in [0.1, 0.15) is 16.8 Å². The van der Waals surface area contributed by atoms with Crippen molar-refractivity contribution in [1.82, 2.24) is 10.2 Å². The summed E-state index contributed by atoms with van der Waals surface area (Å²) in [5.74, 6) is -0.727. The second kappa shape index (κ2) is 12.9. The second-order valence-corrected chi connectivity index (χ2v) is 10.7. The van der Waals surface area contributed by atoms with Crippen molar-refractivity contribution in [2.24, 2.45) is 0 Å². The summed E-state index contributed by atoms with van der Waals surface area (Å²) in [6, 6.07) is 0. The van der Waals surface area contributed by atoms with Crippen molar-refractivity contribution in [3.05, 3.63) is 0 Å². The number of alkyl carbamates (subject to hydrolysis) is 1. The van der Waals surface area contributed by atoms with Crippen LogP contribution in [0.2, 0.25) is 0 Å². The first kappa shape index (κ1) is 29.2. The maximum absolute atomic E-state index is 12.2. The number of rotatable bonds is 11. The van der Waals surface area contributed by atoms with Gasteiger partial charge < -0.3 is 19.5 Å². The van der Waals surface area contributed by atoms with Gasteiger partial charge in [0, 0.05) is 6.54 Å². The maximum atomic E-state index is 12.2. The molecule has 0 bridgehead atoms. The summed E-state index contributed by atoms with van der Waals surface area (Å²) in [6.45, 7) is 17.6. The van der Waals surface area contributed by atoms with E-state index >= 15 is 0 Å². The van der Waals surface area contributed by atoms with Crippen molar-refractivity contribution in [1.29, 1.82) is 0 Å². The molecule has 0 atom stereocenters. The Balaban J connectivity index is 4.39. The number of nitrogens with one attached hydrogen (secondary N) is 1. The normalized spacial score (nSPS) is 12.5. The predicted molar refractivity (Wildman–Crippen MR) is 121 cm³/mol. The van der Waals surface area contributed by atoms with Crippen molar-refractivity contribution in [2.45, 2.75) is 105 Å². The van der Waals surface area contributed by atoms with Crippen molar-refractivity contribution in [3.63, 3.8) is 0 Å². The summed E-state index contributed by atoms with van der Waals surface area (Å²) in [5, 5.41) is 2.74. The van der Waals surface area contributed by atoms with E-state index in [4.69, 9.17) is 14.2 Å². The van der Waals surface area contributed by atoms with E-state index in [9.17, 15) is 14.4 Å². The lowest BCUT2D eigenvalue weighted by Gasteiger charge is -2.26. The van der Waals surface area contributed by atoms with Gasteiger partial charge in [-0.3, -0.25) is 14.5 Å². The number of carbonyl (C=O) groups excluding carboxylic acids is 3. The quantitative estimate of drug-likeness (QED) is 0.292. The Labute approximate surface area is 188 Å². The van der Waals surface area contributed by atoms with Crippen LogP contribution in [-0.2, 0) is 23.8 Å². The lowest BCUT2D eigenvalue weighted by molar-refractivity contribution is -0.159. The molecule has 182 valence electrons. The lowest BCUT2D eigenvalue weighted by atomic mass is 10.2. The van der Waals surface area contributed by atoms with Gasteiger partial charge in [0.15, 0.2) is 0 Å². The van der Waals surface area contributed by atoms with Gasteiger partial charge in [-0.05, 0) is 81.7 Å². The molecule has 0 spiro atoms. The Kier molecular flexibility index (Phi) is 12.1. The lowest BCUT2D eigenvalue weighted by Crippen LogP contribution is -2.40. The highest BCUT2D eigenvalue weighted by atomic mass is 16.6. The van der Waals surface area contributed by atoms with Crippen LogP contribution in [0, 0.1) is 0 Å². The third-order valence-electron chi connectivity index (χ3n) is 3.61. The molecule has 0 radical (unpaired) electrons. The summed E-state index contributed by atoms with van der Waals surface area (Å²) in [7, 11) is 0. The molecule has 1 N–H and O–H groups in total. The van der Waals surface area contributed by atoms with Crippen molar-refractivity contribution < 1.29 is 28.6 Å². The Morgan fingerprint density at radius 2 is 1.06 bits per heavy atom. The van der Waals surface area contributed by atoms with Crippen LogP contribution in [0.3, 0.4) is 0 Å². The van der Waals surface area contributed by atoms with Crippen LogP contribution in [-0.4, -0.2) is 65.9 Å². The molecule has 8 nitrogen and oxygen atoms in total. The second-order valence-electron chi connectivity index (χ2n) is 10.7. The fraction of sp³-hybridized carbons (Fsp3) is 0.870. The van der Waals surface area contributed by atoms with E-state index in [1.165, 1.54) is 0 Å². The van der Waals surface area contributed by atoms with Gasteiger partial charge in [0.2, 0.25) is 0 Å². The number of hydrogen-bond acceptors (Lipinski definition) is 7. The molecule has 0 aliphatic heterocycles. The van der Waals surface area contributed by atoms with Crippen LogP contribution < -0.4 is 5.32 Å². The molecule has 0 rings (SSSR count). The van der Waals surface area contributed by atoms with Crippen LogP contribution in [0.25, 0.3) is 0 Å². The fourth-order valence-corrected chi connectivity index (χ4v) is 2.65. The van der Waals surface area contributed by atoms with E-state index in [1.807, 2.05) is 62.3 Å². The van der Waals surface area contributed by atoms with Gasteiger partial charge >= 0.3 is 18.0 Å². The van der Waals surface area contributed by atoms with Gasteiger partial charge in [-0.25, -0.2) is 4.79 Å². The third kappa shape index (κ3) is 19.9. The van der Waals surface area contributed by atoms with Crippen LogP contribution >= 0.6 is 0 Å². The van der Waals surface area contributed by atoms with Gasteiger partial charge in [-0.2, -0.15) is 0 Å². The van der Waals surface area contributed by atoms with E-state index < -0.39 is 22.9 Å². The SMILES string of the molecule is CC(C)(C)OC(=O)CN(CCCCCCNC(=O)OC(C)(C)C)CC(=O)OC(C)(C)C. The Hall–Kier alpha value is -1.83. The fourth-order valence-electron chi connectivity index (χ4n) is 2.65. The maximum Gasteiger partial charge on any atom is 0.407 e. The van der Waals surface area contributed by atoms with Crippen LogP contribution in [0.5, 0.6) is 0 Å².